The Hall–Kier alpha value is -1.65. The van der Waals surface area contributed by atoms with Crippen molar-refractivity contribution < 1.29 is 9.90 Å². The van der Waals surface area contributed by atoms with Crippen LogP contribution in [0.2, 0.25) is 0 Å². The molecule has 0 bridgehead atoms. The lowest BCUT2D eigenvalue weighted by molar-refractivity contribution is -0.138. The van der Waals surface area contributed by atoms with E-state index >= 15 is 0 Å². The third-order valence-electron chi connectivity index (χ3n) is 4.91. The minimum Gasteiger partial charge on any atom is -0.480 e. The van der Waals surface area contributed by atoms with Crippen molar-refractivity contribution in [3.05, 3.63) is 42.0 Å². The van der Waals surface area contributed by atoms with Gasteiger partial charge in [-0.25, -0.2) is 0 Å². The van der Waals surface area contributed by atoms with E-state index in [-0.39, 0.29) is 6.54 Å². The molecule has 2 fully saturated rings. The summed E-state index contributed by atoms with van der Waals surface area (Å²) >= 11 is 0. The first kappa shape index (κ1) is 16.2. The summed E-state index contributed by atoms with van der Waals surface area (Å²) in [5, 5.41) is 12.5. The van der Waals surface area contributed by atoms with Gasteiger partial charge in [0.15, 0.2) is 0 Å². The van der Waals surface area contributed by atoms with E-state index in [9.17, 15) is 4.79 Å². The highest BCUT2D eigenvalue weighted by atomic mass is 16.4. The molecule has 1 aliphatic heterocycles. The maximum absolute atomic E-state index is 10.7. The molecule has 2 N–H and O–H groups in total. The Morgan fingerprint density at radius 3 is 2.70 bits per heavy atom. The number of aliphatic carboxylic acids is 1. The maximum atomic E-state index is 10.7. The third kappa shape index (κ3) is 5.19. The van der Waals surface area contributed by atoms with Crippen molar-refractivity contribution >= 4 is 12.0 Å². The van der Waals surface area contributed by atoms with Gasteiger partial charge in [0.25, 0.3) is 0 Å². The zero-order valence-electron chi connectivity index (χ0n) is 13.5. The molecule has 1 heterocycles. The van der Waals surface area contributed by atoms with Gasteiger partial charge in [0.1, 0.15) is 0 Å². The van der Waals surface area contributed by atoms with Crippen molar-refractivity contribution in [3.63, 3.8) is 0 Å². The molecule has 1 aromatic rings. The molecular formula is C19H26N2O2. The molecule has 1 aliphatic carbocycles. The normalized spacial score (nSPS) is 25.7. The molecule has 2 unspecified atom stereocenters. The van der Waals surface area contributed by atoms with Gasteiger partial charge in [-0.3, -0.25) is 9.69 Å². The summed E-state index contributed by atoms with van der Waals surface area (Å²) in [5.41, 5.74) is 1.27. The van der Waals surface area contributed by atoms with Crippen LogP contribution in [-0.4, -0.2) is 48.2 Å². The van der Waals surface area contributed by atoms with Crippen LogP contribution in [0.25, 0.3) is 6.08 Å². The van der Waals surface area contributed by atoms with E-state index in [1.54, 1.807) is 0 Å². The molecule has 124 valence electrons. The quantitative estimate of drug-likeness (QED) is 0.812. The van der Waals surface area contributed by atoms with E-state index in [0.29, 0.717) is 17.9 Å². The van der Waals surface area contributed by atoms with Gasteiger partial charge >= 0.3 is 5.97 Å². The molecule has 4 heteroatoms. The first-order valence-corrected chi connectivity index (χ1v) is 8.61. The largest absolute Gasteiger partial charge is 0.480 e. The average molecular weight is 314 g/mol. The Kier molecular flexibility index (Phi) is 5.47. The van der Waals surface area contributed by atoms with Crippen LogP contribution in [0.5, 0.6) is 0 Å². The first-order valence-electron chi connectivity index (χ1n) is 8.61. The van der Waals surface area contributed by atoms with Crippen molar-refractivity contribution in [2.45, 2.75) is 25.3 Å². The smallest absolute Gasteiger partial charge is 0.317 e. The van der Waals surface area contributed by atoms with E-state index in [1.165, 1.54) is 12.0 Å². The number of hydrogen-bond donors (Lipinski definition) is 2. The van der Waals surface area contributed by atoms with Crippen molar-refractivity contribution in [1.29, 1.82) is 0 Å². The van der Waals surface area contributed by atoms with Crippen LogP contribution in [0.1, 0.15) is 24.8 Å². The zero-order chi connectivity index (χ0) is 16.1. The highest BCUT2D eigenvalue weighted by molar-refractivity contribution is 5.69. The highest BCUT2D eigenvalue weighted by Gasteiger charge is 2.34. The van der Waals surface area contributed by atoms with E-state index in [4.69, 9.17) is 5.11 Å². The summed E-state index contributed by atoms with van der Waals surface area (Å²) in [4.78, 5) is 12.8. The summed E-state index contributed by atoms with van der Waals surface area (Å²) in [6.07, 6.45) is 8.00. The standard InChI is InChI=1S/C19H26N2O2/c22-19(23)14-21-10-8-16(9-11-21)13-20-18-12-17(18)7-6-15-4-2-1-3-5-15/h1-7,16-18,20H,8-14H2,(H,22,23). The van der Waals surface area contributed by atoms with Crippen molar-refractivity contribution in [2.24, 2.45) is 11.8 Å². The molecule has 2 atom stereocenters. The predicted molar refractivity (Wildman–Crippen MR) is 92.2 cm³/mol. The molecule has 1 aromatic carbocycles. The Bertz CT molecular complexity index is 536. The summed E-state index contributed by atoms with van der Waals surface area (Å²) in [7, 11) is 0. The highest BCUT2D eigenvalue weighted by Crippen LogP contribution is 2.32. The van der Waals surface area contributed by atoms with Crippen molar-refractivity contribution in [2.75, 3.05) is 26.2 Å². The van der Waals surface area contributed by atoms with Crippen molar-refractivity contribution in [3.8, 4) is 0 Å². The molecule has 3 rings (SSSR count). The number of carboxylic acids is 1. The number of benzene rings is 1. The Balaban J connectivity index is 1.32. The van der Waals surface area contributed by atoms with Gasteiger partial charge in [0.2, 0.25) is 0 Å². The summed E-state index contributed by atoms with van der Waals surface area (Å²) in [6, 6.07) is 11.1. The second-order valence-electron chi connectivity index (χ2n) is 6.80. The van der Waals surface area contributed by atoms with Gasteiger partial charge in [-0.05, 0) is 56.3 Å². The molecule has 0 radical (unpaired) electrons. The van der Waals surface area contributed by atoms with Crippen LogP contribution in [-0.2, 0) is 4.79 Å². The fraction of sp³-hybridized carbons (Fsp3) is 0.526. The van der Waals surface area contributed by atoms with Gasteiger partial charge in [0.05, 0.1) is 6.54 Å². The zero-order valence-corrected chi connectivity index (χ0v) is 13.5. The second kappa shape index (κ2) is 7.75. The Morgan fingerprint density at radius 1 is 1.26 bits per heavy atom. The lowest BCUT2D eigenvalue weighted by Crippen LogP contribution is -2.40. The fourth-order valence-electron chi connectivity index (χ4n) is 3.32. The van der Waals surface area contributed by atoms with Crippen LogP contribution in [0.3, 0.4) is 0 Å². The molecule has 0 aromatic heterocycles. The molecule has 4 nitrogen and oxygen atoms in total. The van der Waals surface area contributed by atoms with Gasteiger partial charge in [-0.1, -0.05) is 42.5 Å². The third-order valence-corrected chi connectivity index (χ3v) is 4.91. The number of nitrogens with zero attached hydrogens (tertiary/aromatic N) is 1. The molecule has 2 aliphatic rings. The molecule has 0 amide bonds. The van der Waals surface area contributed by atoms with Crippen LogP contribution in [0, 0.1) is 11.8 Å². The number of piperidine rings is 1. The average Bonchev–Trinajstić information content (AvgIpc) is 3.31. The summed E-state index contributed by atoms with van der Waals surface area (Å²) in [5.74, 6) is 0.648. The number of nitrogens with one attached hydrogen (secondary N) is 1. The van der Waals surface area contributed by atoms with E-state index in [1.807, 2.05) is 11.0 Å². The van der Waals surface area contributed by atoms with Crippen LogP contribution < -0.4 is 5.32 Å². The van der Waals surface area contributed by atoms with Crippen LogP contribution >= 0.6 is 0 Å². The number of hydrogen-bond acceptors (Lipinski definition) is 3. The fourth-order valence-corrected chi connectivity index (χ4v) is 3.32. The SMILES string of the molecule is O=C(O)CN1CCC(CNC2CC2C=Cc2ccccc2)CC1. The molecular weight excluding hydrogens is 288 g/mol. The topological polar surface area (TPSA) is 52.6 Å². The van der Waals surface area contributed by atoms with Crippen molar-refractivity contribution in [1.82, 2.24) is 10.2 Å². The first-order chi connectivity index (χ1) is 11.2. The number of likely N-dealkylation sites (tertiary alicyclic amines) is 1. The Morgan fingerprint density at radius 2 is 2.00 bits per heavy atom. The lowest BCUT2D eigenvalue weighted by Gasteiger charge is -2.30. The number of carbonyl (C=O) groups is 1. The van der Waals surface area contributed by atoms with Gasteiger partial charge in [-0.2, -0.15) is 0 Å². The predicted octanol–water partition coefficient (Wildman–Crippen LogP) is 2.47. The monoisotopic (exact) mass is 314 g/mol. The van der Waals surface area contributed by atoms with E-state index in [0.717, 1.165) is 32.5 Å². The van der Waals surface area contributed by atoms with Gasteiger partial charge < -0.3 is 10.4 Å². The van der Waals surface area contributed by atoms with Gasteiger partial charge in [-0.15, -0.1) is 0 Å². The minimum absolute atomic E-state index is 0.190. The van der Waals surface area contributed by atoms with Crippen LogP contribution in [0.4, 0.5) is 0 Å². The summed E-state index contributed by atoms with van der Waals surface area (Å²) in [6.45, 7) is 3.09. The Labute approximate surface area is 138 Å². The molecule has 23 heavy (non-hydrogen) atoms. The summed E-state index contributed by atoms with van der Waals surface area (Å²) < 4.78 is 0. The number of rotatable bonds is 7. The molecule has 1 saturated carbocycles. The second-order valence-corrected chi connectivity index (χ2v) is 6.80. The molecule has 0 spiro atoms. The number of carboxylic acid groups (broad SMARTS) is 1. The minimum atomic E-state index is -0.715. The van der Waals surface area contributed by atoms with E-state index < -0.39 is 5.97 Å². The lowest BCUT2D eigenvalue weighted by atomic mass is 9.97. The van der Waals surface area contributed by atoms with E-state index in [2.05, 4.69) is 41.7 Å². The maximum Gasteiger partial charge on any atom is 0.317 e. The molecule has 1 saturated heterocycles. The van der Waals surface area contributed by atoms with Crippen LogP contribution in [0.15, 0.2) is 36.4 Å². The van der Waals surface area contributed by atoms with Gasteiger partial charge in [0, 0.05) is 6.04 Å².